The second-order valence-corrected chi connectivity index (χ2v) is 4.49. The minimum Gasteiger partial charge on any atom is -0.471 e. The van der Waals surface area contributed by atoms with E-state index in [-0.39, 0.29) is 16.1 Å². The van der Waals surface area contributed by atoms with E-state index in [0.717, 1.165) is 12.3 Å². The molecule has 1 aliphatic rings. The van der Waals surface area contributed by atoms with Crippen LogP contribution in [0.25, 0.3) is 6.26 Å². The molecule has 0 bridgehead atoms. The number of hydrogen-bond donors (Lipinski definition) is 0. The Morgan fingerprint density at radius 1 is 1.00 bits per heavy atom. The van der Waals surface area contributed by atoms with E-state index in [4.69, 9.17) is 4.74 Å². The summed E-state index contributed by atoms with van der Waals surface area (Å²) in [5.41, 5.74) is -0.646. The Morgan fingerprint density at radius 2 is 1.76 bits per heavy atom. The lowest BCUT2D eigenvalue weighted by molar-refractivity contribution is -0.138. The molecule has 1 atom stereocenters. The number of ether oxygens (including phenoxy) is 1. The van der Waals surface area contributed by atoms with Crippen LogP contribution in [0.15, 0.2) is 47.5 Å². The molecule has 0 spiro atoms. The van der Waals surface area contributed by atoms with Crippen molar-refractivity contribution in [1.82, 2.24) is 0 Å². The van der Waals surface area contributed by atoms with Gasteiger partial charge in [0.15, 0.2) is 0 Å². The second-order valence-electron chi connectivity index (χ2n) is 4.49. The van der Waals surface area contributed by atoms with Gasteiger partial charge in [0.1, 0.15) is 5.82 Å². The Balaban J connectivity index is 2.13. The summed E-state index contributed by atoms with van der Waals surface area (Å²) < 4.78 is 57.5. The maximum absolute atomic E-state index is 13.7. The molecule has 21 heavy (non-hydrogen) atoms. The first-order valence-electron chi connectivity index (χ1n) is 6.11. The first kappa shape index (κ1) is 13.6. The quantitative estimate of drug-likeness (QED) is 0.741. The number of halogens is 4. The SMILES string of the molecule is Fc1ccccc1C1N=c2cccc(C(F)(F)F)c2=CO1. The molecule has 0 saturated heterocycles. The van der Waals surface area contributed by atoms with Crippen molar-refractivity contribution in [2.75, 3.05) is 0 Å². The van der Waals surface area contributed by atoms with Gasteiger partial charge in [-0.15, -0.1) is 0 Å². The number of hydrogen-bond acceptors (Lipinski definition) is 2. The Hall–Kier alpha value is -2.37. The van der Waals surface area contributed by atoms with Gasteiger partial charge in [0, 0.05) is 5.22 Å². The van der Waals surface area contributed by atoms with Gasteiger partial charge in [-0.3, -0.25) is 0 Å². The van der Waals surface area contributed by atoms with E-state index in [2.05, 4.69) is 4.99 Å². The first-order valence-corrected chi connectivity index (χ1v) is 6.11. The van der Waals surface area contributed by atoms with Crippen LogP contribution >= 0.6 is 0 Å². The van der Waals surface area contributed by atoms with Crippen LogP contribution in [0, 0.1) is 5.82 Å². The summed E-state index contributed by atoms with van der Waals surface area (Å²) in [4.78, 5) is 4.06. The van der Waals surface area contributed by atoms with Gasteiger partial charge in [-0.05, 0) is 18.2 Å². The second kappa shape index (κ2) is 4.87. The van der Waals surface area contributed by atoms with Crippen molar-refractivity contribution in [2.45, 2.75) is 12.4 Å². The lowest BCUT2D eigenvalue weighted by Crippen LogP contribution is -2.36. The first-order chi connectivity index (χ1) is 9.97. The number of nitrogens with zero attached hydrogens (tertiary/aromatic N) is 1. The highest BCUT2D eigenvalue weighted by molar-refractivity contribution is 5.31. The molecule has 0 amide bonds. The molecule has 0 aromatic heterocycles. The fraction of sp³-hybridized carbons (Fsp3) is 0.133. The van der Waals surface area contributed by atoms with Crippen LogP contribution in [0.4, 0.5) is 17.6 Å². The Kier molecular flexibility index (Phi) is 3.16. The molecule has 2 nitrogen and oxygen atoms in total. The van der Waals surface area contributed by atoms with Crippen LogP contribution in [0.1, 0.15) is 17.4 Å². The standard InChI is InChI=1S/C15H9F4NO/c16-12-6-2-1-4-9(12)14-20-13-7-3-5-11(15(17,18)19)10(13)8-21-14/h1-8,14H. The monoisotopic (exact) mass is 295 g/mol. The molecule has 0 fully saturated rings. The third-order valence-corrected chi connectivity index (χ3v) is 3.13. The molecular weight excluding hydrogens is 286 g/mol. The van der Waals surface area contributed by atoms with Gasteiger partial charge in [0.25, 0.3) is 0 Å². The normalized spacial score (nSPS) is 17.2. The molecule has 108 valence electrons. The molecule has 3 rings (SSSR count). The van der Waals surface area contributed by atoms with Crippen LogP contribution < -0.4 is 10.6 Å². The molecule has 0 saturated carbocycles. The highest BCUT2D eigenvalue weighted by Crippen LogP contribution is 2.27. The molecule has 0 radical (unpaired) electrons. The van der Waals surface area contributed by atoms with Gasteiger partial charge in [-0.25, -0.2) is 9.38 Å². The maximum Gasteiger partial charge on any atom is 0.417 e. The minimum absolute atomic E-state index is 0.129. The van der Waals surface area contributed by atoms with E-state index in [0.29, 0.717) is 0 Å². The van der Waals surface area contributed by atoms with Crippen molar-refractivity contribution in [3.05, 3.63) is 70.0 Å². The van der Waals surface area contributed by atoms with Crippen molar-refractivity contribution < 1.29 is 22.3 Å². The lowest BCUT2D eigenvalue weighted by Gasteiger charge is -2.18. The largest absolute Gasteiger partial charge is 0.471 e. The number of alkyl halides is 3. The van der Waals surface area contributed by atoms with Crippen LogP contribution in [0.2, 0.25) is 0 Å². The fourth-order valence-corrected chi connectivity index (χ4v) is 2.14. The van der Waals surface area contributed by atoms with Gasteiger partial charge >= 0.3 is 6.18 Å². The predicted octanol–water partition coefficient (Wildman–Crippen LogP) is 2.93. The van der Waals surface area contributed by atoms with E-state index in [9.17, 15) is 17.6 Å². The summed E-state index contributed by atoms with van der Waals surface area (Å²) in [6, 6.07) is 9.52. The third kappa shape index (κ3) is 2.49. The summed E-state index contributed by atoms with van der Waals surface area (Å²) in [7, 11) is 0. The number of benzene rings is 2. The van der Waals surface area contributed by atoms with E-state index in [1.165, 1.54) is 30.3 Å². The van der Waals surface area contributed by atoms with Crippen molar-refractivity contribution in [2.24, 2.45) is 4.99 Å². The smallest absolute Gasteiger partial charge is 0.417 e. The average molecular weight is 295 g/mol. The molecule has 1 unspecified atom stereocenters. The van der Waals surface area contributed by atoms with Crippen LogP contribution in [-0.2, 0) is 10.9 Å². The molecule has 1 aliphatic heterocycles. The fourth-order valence-electron chi connectivity index (χ4n) is 2.14. The van der Waals surface area contributed by atoms with Crippen molar-refractivity contribution in [3.8, 4) is 0 Å². The topological polar surface area (TPSA) is 21.6 Å². The van der Waals surface area contributed by atoms with Gasteiger partial charge in [-0.2, -0.15) is 13.2 Å². The molecule has 2 aromatic rings. The predicted molar refractivity (Wildman–Crippen MR) is 66.9 cm³/mol. The van der Waals surface area contributed by atoms with Gasteiger partial charge in [0.05, 0.1) is 22.7 Å². The summed E-state index contributed by atoms with van der Waals surface area (Å²) in [5, 5.41) is -0.0121. The van der Waals surface area contributed by atoms with Gasteiger partial charge in [0.2, 0.25) is 6.23 Å². The summed E-state index contributed by atoms with van der Waals surface area (Å²) in [6.07, 6.45) is -4.49. The van der Waals surface area contributed by atoms with Crippen molar-refractivity contribution in [1.29, 1.82) is 0 Å². The van der Waals surface area contributed by atoms with E-state index < -0.39 is 23.8 Å². The summed E-state index contributed by atoms with van der Waals surface area (Å²) >= 11 is 0. The van der Waals surface area contributed by atoms with Crippen LogP contribution in [0.3, 0.4) is 0 Å². The zero-order valence-corrected chi connectivity index (χ0v) is 10.6. The molecule has 0 N–H and O–H groups in total. The van der Waals surface area contributed by atoms with Crippen LogP contribution in [0.5, 0.6) is 0 Å². The average Bonchev–Trinajstić information content (AvgIpc) is 2.45. The van der Waals surface area contributed by atoms with Crippen molar-refractivity contribution in [3.63, 3.8) is 0 Å². The highest BCUT2D eigenvalue weighted by Gasteiger charge is 2.32. The van der Waals surface area contributed by atoms with Gasteiger partial charge < -0.3 is 4.74 Å². The van der Waals surface area contributed by atoms with Crippen molar-refractivity contribution >= 4 is 6.26 Å². The molecule has 0 aliphatic carbocycles. The zero-order chi connectivity index (χ0) is 15.0. The number of fused-ring (bicyclic) bond motifs is 1. The molecule has 2 aromatic carbocycles. The Morgan fingerprint density at radius 3 is 2.48 bits per heavy atom. The zero-order valence-electron chi connectivity index (χ0n) is 10.6. The minimum atomic E-state index is -4.49. The molecular formula is C15H9F4NO. The van der Waals surface area contributed by atoms with E-state index in [1.54, 1.807) is 6.07 Å². The van der Waals surface area contributed by atoms with E-state index >= 15 is 0 Å². The van der Waals surface area contributed by atoms with Crippen LogP contribution in [-0.4, -0.2) is 0 Å². The Bertz CT molecular complexity index is 798. The highest BCUT2D eigenvalue weighted by atomic mass is 19.4. The molecule has 1 heterocycles. The van der Waals surface area contributed by atoms with Gasteiger partial charge in [-0.1, -0.05) is 24.3 Å². The molecule has 6 heteroatoms. The lowest BCUT2D eigenvalue weighted by atomic mass is 10.1. The van der Waals surface area contributed by atoms with E-state index in [1.807, 2.05) is 0 Å². The maximum atomic E-state index is 13.7. The summed E-state index contributed by atoms with van der Waals surface area (Å²) in [5.74, 6) is -0.518. The third-order valence-electron chi connectivity index (χ3n) is 3.13. The number of rotatable bonds is 1. The summed E-state index contributed by atoms with van der Waals surface area (Å²) in [6.45, 7) is 0. The Labute approximate surface area is 117 Å².